The molecule has 0 amide bonds. The van der Waals surface area contributed by atoms with Crippen LogP contribution in [0.25, 0.3) is 22.0 Å². The van der Waals surface area contributed by atoms with Crippen molar-refractivity contribution < 1.29 is 4.39 Å². The van der Waals surface area contributed by atoms with Gasteiger partial charge in [-0.25, -0.2) is 4.39 Å². The lowest BCUT2D eigenvalue weighted by atomic mass is 9.99. The third-order valence-electron chi connectivity index (χ3n) is 3.61. The number of halogens is 2. The summed E-state index contributed by atoms with van der Waals surface area (Å²) in [5.41, 5.74) is 9.05. The van der Waals surface area contributed by atoms with Crippen LogP contribution in [0.3, 0.4) is 0 Å². The molecule has 21 heavy (non-hydrogen) atoms. The zero-order valence-electron chi connectivity index (χ0n) is 11.5. The third kappa shape index (κ3) is 2.67. The molecule has 0 aliphatic heterocycles. The van der Waals surface area contributed by atoms with Crippen LogP contribution in [0.4, 0.5) is 4.39 Å². The van der Waals surface area contributed by atoms with Gasteiger partial charge in [0.2, 0.25) is 0 Å². The van der Waals surface area contributed by atoms with E-state index in [9.17, 15) is 4.39 Å². The van der Waals surface area contributed by atoms with Crippen molar-refractivity contribution in [3.63, 3.8) is 0 Å². The molecule has 4 heteroatoms. The number of H-pyrrole nitrogens is 1. The first-order valence-electron chi connectivity index (χ1n) is 6.96. The average molecular weight is 303 g/mol. The second kappa shape index (κ2) is 5.88. The van der Waals surface area contributed by atoms with Crippen molar-refractivity contribution in [1.82, 2.24) is 4.98 Å². The summed E-state index contributed by atoms with van der Waals surface area (Å²) >= 11 is 6.10. The number of nitrogens with one attached hydrogen (secondary N) is 1. The van der Waals surface area contributed by atoms with Crippen LogP contribution < -0.4 is 5.73 Å². The molecule has 108 valence electrons. The molecule has 0 saturated carbocycles. The van der Waals surface area contributed by atoms with Crippen LogP contribution in [0.2, 0.25) is 5.02 Å². The fourth-order valence-electron chi connectivity index (χ4n) is 2.66. The quantitative estimate of drug-likeness (QED) is 0.731. The van der Waals surface area contributed by atoms with Crippen molar-refractivity contribution in [2.75, 3.05) is 6.54 Å². The van der Waals surface area contributed by atoms with E-state index in [0.29, 0.717) is 17.1 Å². The van der Waals surface area contributed by atoms with Gasteiger partial charge in [0.15, 0.2) is 0 Å². The van der Waals surface area contributed by atoms with Gasteiger partial charge in [-0.15, -0.1) is 0 Å². The standard InChI is InChI=1S/C17H16ClFN2/c18-11-7-8-15-13(10-11)17(16(21-15)6-3-9-20)12-4-1-2-5-14(12)19/h1-2,4-5,7-8,10,21H,3,6,9,20H2. The number of aromatic amines is 1. The highest BCUT2D eigenvalue weighted by Crippen LogP contribution is 2.35. The monoisotopic (exact) mass is 302 g/mol. The second-order valence-corrected chi connectivity index (χ2v) is 5.48. The van der Waals surface area contributed by atoms with Crippen molar-refractivity contribution in [3.05, 3.63) is 59.0 Å². The summed E-state index contributed by atoms with van der Waals surface area (Å²) in [5.74, 6) is -0.229. The SMILES string of the molecule is NCCCc1[nH]c2ccc(Cl)cc2c1-c1ccccc1F. The average Bonchev–Trinajstić information content (AvgIpc) is 2.83. The van der Waals surface area contributed by atoms with E-state index in [1.54, 1.807) is 12.1 Å². The topological polar surface area (TPSA) is 41.8 Å². The lowest BCUT2D eigenvalue weighted by Crippen LogP contribution is -2.01. The van der Waals surface area contributed by atoms with E-state index >= 15 is 0 Å². The molecular weight excluding hydrogens is 287 g/mol. The molecule has 0 fully saturated rings. The molecular formula is C17H16ClFN2. The van der Waals surface area contributed by atoms with Gasteiger partial charge in [0.1, 0.15) is 5.82 Å². The minimum Gasteiger partial charge on any atom is -0.358 e. The fraction of sp³-hybridized carbons (Fsp3) is 0.176. The molecule has 0 spiro atoms. The first kappa shape index (κ1) is 14.1. The molecule has 0 saturated heterocycles. The van der Waals surface area contributed by atoms with Gasteiger partial charge in [-0.1, -0.05) is 29.8 Å². The number of benzene rings is 2. The third-order valence-corrected chi connectivity index (χ3v) is 3.85. The molecule has 0 atom stereocenters. The minimum atomic E-state index is -0.229. The van der Waals surface area contributed by atoms with E-state index in [4.69, 9.17) is 17.3 Å². The van der Waals surface area contributed by atoms with Gasteiger partial charge in [0, 0.05) is 32.7 Å². The van der Waals surface area contributed by atoms with Gasteiger partial charge in [0.25, 0.3) is 0 Å². The number of aromatic nitrogens is 1. The highest BCUT2D eigenvalue weighted by molar-refractivity contribution is 6.31. The molecule has 1 aromatic heterocycles. The Hall–Kier alpha value is -1.84. The summed E-state index contributed by atoms with van der Waals surface area (Å²) in [6.45, 7) is 0.604. The zero-order chi connectivity index (χ0) is 14.8. The highest BCUT2D eigenvalue weighted by Gasteiger charge is 2.16. The molecule has 0 unspecified atom stereocenters. The molecule has 3 aromatic rings. The molecule has 2 nitrogen and oxygen atoms in total. The molecule has 3 rings (SSSR count). The Labute approximate surface area is 127 Å². The van der Waals surface area contributed by atoms with E-state index in [1.165, 1.54) is 6.07 Å². The summed E-state index contributed by atoms with van der Waals surface area (Å²) in [6, 6.07) is 12.4. The number of hydrogen-bond donors (Lipinski definition) is 2. The van der Waals surface area contributed by atoms with Crippen LogP contribution >= 0.6 is 11.6 Å². The van der Waals surface area contributed by atoms with Crippen LogP contribution in [-0.2, 0) is 6.42 Å². The Balaban J connectivity index is 2.26. The minimum absolute atomic E-state index is 0.229. The van der Waals surface area contributed by atoms with Crippen molar-refractivity contribution in [3.8, 4) is 11.1 Å². The smallest absolute Gasteiger partial charge is 0.131 e. The number of nitrogens with two attached hydrogens (primary N) is 1. The number of hydrogen-bond acceptors (Lipinski definition) is 1. The molecule has 0 aliphatic carbocycles. The summed E-state index contributed by atoms with van der Waals surface area (Å²) in [7, 11) is 0. The Morgan fingerprint density at radius 3 is 2.71 bits per heavy atom. The number of aryl methyl sites for hydroxylation is 1. The van der Waals surface area contributed by atoms with E-state index in [1.807, 2.05) is 24.3 Å². The van der Waals surface area contributed by atoms with Crippen LogP contribution in [0.1, 0.15) is 12.1 Å². The van der Waals surface area contributed by atoms with Gasteiger partial charge in [0.05, 0.1) is 0 Å². The summed E-state index contributed by atoms with van der Waals surface area (Å²) in [5, 5.41) is 1.59. The first-order valence-corrected chi connectivity index (χ1v) is 7.33. The molecule has 2 aromatic carbocycles. The number of fused-ring (bicyclic) bond motifs is 1. The van der Waals surface area contributed by atoms with Gasteiger partial charge < -0.3 is 10.7 Å². The lowest BCUT2D eigenvalue weighted by Gasteiger charge is -2.06. The molecule has 3 N–H and O–H groups in total. The van der Waals surface area contributed by atoms with Gasteiger partial charge in [-0.3, -0.25) is 0 Å². The van der Waals surface area contributed by atoms with E-state index in [0.717, 1.165) is 35.0 Å². The normalized spacial score (nSPS) is 11.2. The van der Waals surface area contributed by atoms with Crippen molar-refractivity contribution in [1.29, 1.82) is 0 Å². The van der Waals surface area contributed by atoms with Crippen LogP contribution in [0.15, 0.2) is 42.5 Å². The Morgan fingerprint density at radius 2 is 1.95 bits per heavy atom. The second-order valence-electron chi connectivity index (χ2n) is 5.04. The van der Waals surface area contributed by atoms with E-state index in [-0.39, 0.29) is 5.82 Å². The maximum atomic E-state index is 14.2. The van der Waals surface area contributed by atoms with Crippen LogP contribution in [0.5, 0.6) is 0 Å². The fourth-order valence-corrected chi connectivity index (χ4v) is 2.83. The van der Waals surface area contributed by atoms with Gasteiger partial charge in [-0.05, 0) is 43.7 Å². The molecule has 0 radical (unpaired) electrons. The zero-order valence-corrected chi connectivity index (χ0v) is 12.3. The highest BCUT2D eigenvalue weighted by atomic mass is 35.5. The Morgan fingerprint density at radius 1 is 1.14 bits per heavy atom. The maximum absolute atomic E-state index is 14.2. The molecule has 1 heterocycles. The Bertz CT molecular complexity index is 780. The summed E-state index contributed by atoms with van der Waals surface area (Å²) < 4.78 is 14.2. The van der Waals surface area contributed by atoms with Crippen molar-refractivity contribution in [2.24, 2.45) is 5.73 Å². The van der Waals surface area contributed by atoms with Crippen LogP contribution in [0, 0.1) is 5.82 Å². The summed E-state index contributed by atoms with van der Waals surface area (Å²) in [4.78, 5) is 3.37. The van der Waals surface area contributed by atoms with E-state index < -0.39 is 0 Å². The maximum Gasteiger partial charge on any atom is 0.131 e. The predicted molar refractivity (Wildman–Crippen MR) is 86.1 cm³/mol. The van der Waals surface area contributed by atoms with Crippen molar-refractivity contribution in [2.45, 2.75) is 12.8 Å². The van der Waals surface area contributed by atoms with Crippen LogP contribution in [-0.4, -0.2) is 11.5 Å². The summed E-state index contributed by atoms with van der Waals surface area (Å²) in [6.07, 6.45) is 1.63. The Kier molecular flexibility index (Phi) is 3.95. The van der Waals surface area contributed by atoms with Crippen molar-refractivity contribution >= 4 is 22.5 Å². The first-order chi connectivity index (χ1) is 10.2. The lowest BCUT2D eigenvalue weighted by molar-refractivity contribution is 0.631. The molecule has 0 bridgehead atoms. The van der Waals surface area contributed by atoms with Gasteiger partial charge in [-0.2, -0.15) is 0 Å². The van der Waals surface area contributed by atoms with Gasteiger partial charge >= 0.3 is 0 Å². The van der Waals surface area contributed by atoms with E-state index in [2.05, 4.69) is 4.98 Å². The predicted octanol–water partition coefficient (Wildman–Crippen LogP) is 4.52. The molecule has 0 aliphatic rings. The largest absolute Gasteiger partial charge is 0.358 e. The number of rotatable bonds is 4.